The van der Waals surface area contributed by atoms with Crippen molar-refractivity contribution in [1.29, 1.82) is 0 Å². The number of pyridine rings is 1. The van der Waals surface area contributed by atoms with Crippen LogP contribution in [0.25, 0.3) is 10.8 Å². The van der Waals surface area contributed by atoms with Crippen molar-refractivity contribution in [3.05, 3.63) is 48.4 Å². The second-order valence-corrected chi connectivity index (χ2v) is 4.52. The van der Waals surface area contributed by atoms with E-state index in [-0.39, 0.29) is 5.78 Å². The molecular formula is C15H14N2O. The van der Waals surface area contributed by atoms with Crippen molar-refractivity contribution in [3.63, 3.8) is 0 Å². The van der Waals surface area contributed by atoms with E-state index in [1.807, 2.05) is 30.5 Å². The maximum absolute atomic E-state index is 11.4. The molecule has 0 unspecified atom stereocenters. The number of allylic oxidation sites excluding steroid dienone is 2. The number of carbonyl (C=O) groups is 1. The zero-order valence-corrected chi connectivity index (χ0v) is 10.0. The molecule has 0 bridgehead atoms. The first-order valence-electron chi connectivity index (χ1n) is 6.16. The lowest BCUT2D eigenvalue weighted by molar-refractivity contribution is -0.115. The Balaban J connectivity index is 1.97. The Morgan fingerprint density at radius 1 is 1.17 bits per heavy atom. The van der Waals surface area contributed by atoms with Gasteiger partial charge in [-0.25, -0.2) is 0 Å². The molecule has 1 aliphatic carbocycles. The maximum atomic E-state index is 11.4. The molecule has 0 spiro atoms. The summed E-state index contributed by atoms with van der Waals surface area (Å²) in [6, 6.07) is 8.05. The average molecular weight is 238 g/mol. The number of nitrogens with one attached hydrogen (secondary N) is 1. The van der Waals surface area contributed by atoms with Gasteiger partial charge >= 0.3 is 0 Å². The lowest BCUT2D eigenvalue weighted by Gasteiger charge is -2.15. The highest BCUT2D eigenvalue weighted by atomic mass is 16.1. The molecule has 1 aromatic carbocycles. The van der Waals surface area contributed by atoms with E-state index in [9.17, 15) is 4.79 Å². The first-order chi connectivity index (χ1) is 8.83. The van der Waals surface area contributed by atoms with E-state index in [0.29, 0.717) is 6.42 Å². The number of rotatable bonds is 2. The number of aromatic nitrogens is 1. The van der Waals surface area contributed by atoms with Crippen LogP contribution in [0.5, 0.6) is 0 Å². The van der Waals surface area contributed by atoms with Gasteiger partial charge in [-0.1, -0.05) is 12.1 Å². The number of fused-ring (bicyclic) bond motifs is 1. The number of benzene rings is 1. The van der Waals surface area contributed by atoms with Crippen molar-refractivity contribution in [1.82, 2.24) is 4.98 Å². The van der Waals surface area contributed by atoms with Gasteiger partial charge in [0.25, 0.3) is 0 Å². The monoisotopic (exact) mass is 238 g/mol. The largest absolute Gasteiger partial charge is 0.358 e. The van der Waals surface area contributed by atoms with Crippen LogP contribution in [-0.4, -0.2) is 10.8 Å². The van der Waals surface area contributed by atoms with Crippen LogP contribution < -0.4 is 5.32 Å². The normalized spacial score (nSPS) is 15.6. The number of hydrogen-bond acceptors (Lipinski definition) is 3. The first kappa shape index (κ1) is 11.0. The Labute approximate surface area is 106 Å². The second-order valence-electron chi connectivity index (χ2n) is 4.52. The number of nitrogens with zero attached hydrogens (tertiary/aromatic N) is 1. The summed E-state index contributed by atoms with van der Waals surface area (Å²) in [5.74, 6) is 0.214. The smallest absolute Gasteiger partial charge is 0.157 e. The molecule has 1 N–H and O–H groups in total. The Morgan fingerprint density at radius 3 is 3.00 bits per heavy atom. The summed E-state index contributed by atoms with van der Waals surface area (Å²) in [5.41, 5.74) is 2.05. The number of hydrogen-bond donors (Lipinski definition) is 1. The highest BCUT2D eigenvalue weighted by Crippen LogP contribution is 2.25. The first-order valence-corrected chi connectivity index (χ1v) is 6.16. The van der Waals surface area contributed by atoms with Gasteiger partial charge in [0.05, 0.1) is 0 Å². The Morgan fingerprint density at radius 2 is 2.11 bits per heavy atom. The summed E-state index contributed by atoms with van der Waals surface area (Å²) < 4.78 is 0. The van der Waals surface area contributed by atoms with Crippen LogP contribution in [0, 0.1) is 0 Å². The van der Waals surface area contributed by atoms with E-state index in [0.717, 1.165) is 35.0 Å². The molecule has 0 amide bonds. The summed E-state index contributed by atoms with van der Waals surface area (Å²) in [6.07, 6.45) is 7.90. The van der Waals surface area contributed by atoms with Gasteiger partial charge in [-0.2, -0.15) is 0 Å². The van der Waals surface area contributed by atoms with E-state index >= 15 is 0 Å². The average Bonchev–Trinajstić information content (AvgIpc) is 2.39. The lowest BCUT2D eigenvalue weighted by Crippen LogP contribution is -2.09. The lowest BCUT2D eigenvalue weighted by atomic mass is 10.0. The molecule has 3 rings (SSSR count). The second kappa shape index (κ2) is 4.61. The van der Waals surface area contributed by atoms with Crippen LogP contribution in [0.15, 0.2) is 48.4 Å². The van der Waals surface area contributed by atoms with Crippen molar-refractivity contribution in [3.8, 4) is 0 Å². The fraction of sp³-hybridized carbons (Fsp3) is 0.200. The molecule has 0 atom stereocenters. The molecule has 1 aliphatic rings. The Kier molecular flexibility index (Phi) is 2.81. The van der Waals surface area contributed by atoms with Gasteiger partial charge < -0.3 is 5.32 Å². The number of ketones is 1. The Bertz CT molecular complexity index is 626. The predicted molar refractivity (Wildman–Crippen MR) is 72.3 cm³/mol. The van der Waals surface area contributed by atoms with E-state index in [2.05, 4.69) is 10.3 Å². The van der Waals surface area contributed by atoms with E-state index in [4.69, 9.17) is 0 Å². The van der Waals surface area contributed by atoms with E-state index in [1.165, 1.54) is 0 Å². The highest BCUT2D eigenvalue weighted by molar-refractivity contribution is 5.95. The van der Waals surface area contributed by atoms with Crippen molar-refractivity contribution in [2.24, 2.45) is 0 Å². The van der Waals surface area contributed by atoms with Gasteiger partial charge in [-0.05, 0) is 25.0 Å². The topological polar surface area (TPSA) is 42.0 Å². The van der Waals surface area contributed by atoms with Gasteiger partial charge in [-0.15, -0.1) is 0 Å². The van der Waals surface area contributed by atoms with E-state index in [1.54, 1.807) is 12.3 Å². The van der Waals surface area contributed by atoms with Crippen LogP contribution >= 0.6 is 0 Å². The SMILES string of the molecule is O=C1C=C(Nc2cccc3cnccc23)CCC1. The minimum absolute atomic E-state index is 0.214. The summed E-state index contributed by atoms with van der Waals surface area (Å²) >= 11 is 0. The van der Waals surface area contributed by atoms with Crippen LogP contribution in [0.3, 0.4) is 0 Å². The molecular weight excluding hydrogens is 224 g/mol. The molecule has 0 radical (unpaired) electrons. The quantitative estimate of drug-likeness (QED) is 0.873. The van der Waals surface area contributed by atoms with Crippen molar-refractivity contribution < 1.29 is 4.79 Å². The minimum Gasteiger partial charge on any atom is -0.358 e. The number of carbonyl (C=O) groups excluding carboxylic acids is 1. The third-order valence-corrected chi connectivity index (χ3v) is 3.18. The fourth-order valence-electron chi connectivity index (χ4n) is 2.29. The molecule has 2 aromatic rings. The highest BCUT2D eigenvalue weighted by Gasteiger charge is 2.10. The molecule has 3 heteroatoms. The van der Waals surface area contributed by atoms with Gasteiger partial charge in [0.15, 0.2) is 5.78 Å². The third kappa shape index (κ3) is 2.12. The zero-order chi connectivity index (χ0) is 12.4. The molecule has 1 aromatic heterocycles. The summed E-state index contributed by atoms with van der Waals surface area (Å²) in [7, 11) is 0. The fourth-order valence-corrected chi connectivity index (χ4v) is 2.29. The van der Waals surface area contributed by atoms with Crippen LogP contribution in [0.2, 0.25) is 0 Å². The zero-order valence-electron chi connectivity index (χ0n) is 10.0. The van der Waals surface area contributed by atoms with Gasteiger partial charge in [0.2, 0.25) is 0 Å². The molecule has 90 valence electrons. The molecule has 0 saturated carbocycles. The molecule has 0 saturated heterocycles. The molecule has 18 heavy (non-hydrogen) atoms. The van der Waals surface area contributed by atoms with Gasteiger partial charge in [-0.3, -0.25) is 9.78 Å². The third-order valence-electron chi connectivity index (χ3n) is 3.18. The number of anilines is 1. The van der Waals surface area contributed by atoms with Crippen molar-refractivity contribution in [2.75, 3.05) is 5.32 Å². The molecule has 3 nitrogen and oxygen atoms in total. The molecule has 0 aliphatic heterocycles. The predicted octanol–water partition coefficient (Wildman–Crippen LogP) is 3.28. The summed E-state index contributed by atoms with van der Waals surface area (Å²) in [6.45, 7) is 0. The Hall–Kier alpha value is -2.16. The van der Waals surface area contributed by atoms with E-state index < -0.39 is 0 Å². The molecule has 0 fully saturated rings. The van der Waals surface area contributed by atoms with Crippen LogP contribution in [0.1, 0.15) is 19.3 Å². The molecule has 1 heterocycles. The minimum atomic E-state index is 0.214. The van der Waals surface area contributed by atoms with Gasteiger partial charge in [0, 0.05) is 47.0 Å². The van der Waals surface area contributed by atoms with Crippen molar-refractivity contribution >= 4 is 22.2 Å². The van der Waals surface area contributed by atoms with Crippen molar-refractivity contribution in [2.45, 2.75) is 19.3 Å². The van der Waals surface area contributed by atoms with Crippen LogP contribution in [-0.2, 0) is 4.79 Å². The standard InChI is InChI=1S/C15H14N2O/c18-13-5-2-4-12(9-13)17-15-6-1-3-11-10-16-8-7-14(11)15/h1,3,6-10,17H,2,4-5H2. The summed E-state index contributed by atoms with van der Waals surface area (Å²) in [5, 5.41) is 5.60. The maximum Gasteiger partial charge on any atom is 0.157 e. The summed E-state index contributed by atoms with van der Waals surface area (Å²) in [4.78, 5) is 15.5. The van der Waals surface area contributed by atoms with Crippen LogP contribution in [0.4, 0.5) is 5.69 Å². The van der Waals surface area contributed by atoms with Gasteiger partial charge in [0.1, 0.15) is 0 Å².